The Morgan fingerprint density at radius 3 is 2.93 bits per heavy atom. The molecule has 1 N–H and O–H groups in total. The van der Waals surface area contributed by atoms with Crippen LogP contribution in [-0.4, -0.2) is 6.04 Å². The van der Waals surface area contributed by atoms with Crippen LogP contribution in [0, 0.1) is 11.3 Å². The smallest absolute Gasteiger partial charge is 0.0991 e. The second kappa shape index (κ2) is 5.41. The third kappa shape index (κ3) is 3.20. The molecule has 2 nitrogen and oxygen atoms in total. The standard InChI is InChI=1S/C12H16N2/c1-3-10(2)14-9-12-6-4-5-11(7-12)8-13/h4-7,10,14H,3,9H2,1-2H3/t10-/m1/s1. The van der Waals surface area contributed by atoms with Crippen LogP contribution in [0.5, 0.6) is 0 Å². The summed E-state index contributed by atoms with van der Waals surface area (Å²) in [4.78, 5) is 0. The first-order valence-corrected chi connectivity index (χ1v) is 4.98. The van der Waals surface area contributed by atoms with Crippen molar-refractivity contribution in [1.82, 2.24) is 5.32 Å². The highest BCUT2D eigenvalue weighted by Crippen LogP contribution is 2.04. The first-order chi connectivity index (χ1) is 6.76. The van der Waals surface area contributed by atoms with Gasteiger partial charge in [0.15, 0.2) is 0 Å². The van der Waals surface area contributed by atoms with Crippen molar-refractivity contribution >= 4 is 0 Å². The molecule has 1 aromatic rings. The number of benzene rings is 1. The van der Waals surface area contributed by atoms with Gasteiger partial charge in [-0.3, -0.25) is 0 Å². The molecule has 0 spiro atoms. The highest BCUT2D eigenvalue weighted by atomic mass is 14.9. The predicted molar refractivity (Wildman–Crippen MR) is 57.7 cm³/mol. The van der Waals surface area contributed by atoms with Gasteiger partial charge in [0.25, 0.3) is 0 Å². The van der Waals surface area contributed by atoms with Crippen molar-refractivity contribution in [2.24, 2.45) is 0 Å². The predicted octanol–water partition coefficient (Wildman–Crippen LogP) is 2.45. The van der Waals surface area contributed by atoms with Crippen LogP contribution in [0.3, 0.4) is 0 Å². The summed E-state index contributed by atoms with van der Waals surface area (Å²) in [6.07, 6.45) is 1.12. The maximum atomic E-state index is 8.72. The van der Waals surface area contributed by atoms with E-state index in [1.165, 1.54) is 5.56 Å². The maximum Gasteiger partial charge on any atom is 0.0991 e. The lowest BCUT2D eigenvalue weighted by molar-refractivity contribution is 0.534. The molecule has 0 bridgehead atoms. The van der Waals surface area contributed by atoms with E-state index < -0.39 is 0 Å². The molecule has 0 aliphatic heterocycles. The number of hydrogen-bond acceptors (Lipinski definition) is 2. The van der Waals surface area contributed by atoms with Crippen molar-refractivity contribution in [3.63, 3.8) is 0 Å². The van der Waals surface area contributed by atoms with Crippen molar-refractivity contribution in [2.75, 3.05) is 0 Å². The molecule has 2 heteroatoms. The summed E-state index contributed by atoms with van der Waals surface area (Å²) in [5, 5.41) is 12.1. The van der Waals surface area contributed by atoms with Crippen molar-refractivity contribution in [2.45, 2.75) is 32.9 Å². The van der Waals surface area contributed by atoms with Crippen LogP contribution in [0.4, 0.5) is 0 Å². The minimum absolute atomic E-state index is 0.528. The van der Waals surface area contributed by atoms with Gasteiger partial charge in [-0.1, -0.05) is 19.1 Å². The van der Waals surface area contributed by atoms with Crippen LogP contribution in [-0.2, 0) is 6.54 Å². The van der Waals surface area contributed by atoms with Crippen LogP contribution >= 0.6 is 0 Å². The number of nitriles is 1. The Labute approximate surface area is 85.6 Å². The van der Waals surface area contributed by atoms with E-state index in [4.69, 9.17) is 5.26 Å². The van der Waals surface area contributed by atoms with Crippen LogP contribution in [0.25, 0.3) is 0 Å². The molecule has 1 atom stereocenters. The highest BCUT2D eigenvalue weighted by Gasteiger charge is 1.98. The van der Waals surface area contributed by atoms with Gasteiger partial charge in [0.05, 0.1) is 11.6 Å². The molecule has 0 amide bonds. The van der Waals surface area contributed by atoms with Crippen molar-refractivity contribution < 1.29 is 0 Å². The number of nitrogens with one attached hydrogen (secondary N) is 1. The Hall–Kier alpha value is -1.33. The van der Waals surface area contributed by atoms with Gasteiger partial charge in [0.1, 0.15) is 0 Å². The van der Waals surface area contributed by atoms with Crippen LogP contribution in [0.1, 0.15) is 31.4 Å². The molecule has 0 radical (unpaired) electrons. The van der Waals surface area contributed by atoms with E-state index in [-0.39, 0.29) is 0 Å². The summed E-state index contributed by atoms with van der Waals surface area (Å²) >= 11 is 0. The van der Waals surface area contributed by atoms with Gasteiger partial charge < -0.3 is 5.32 Å². The van der Waals surface area contributed by atoms with E-state index in [1.54, 1.807) is 0 Å². The largest absolute Gasteiger partial charge is 0.310 e. The molecule has 0 unspecified atom stereocenters. The maximum absolute atomic E-state index is 8.72. The number of rotatable bonds is 4. The molecule has 0 saturated heterocycles. The first kappa shape index (κ1) is 10.7. The van der Waals surface area contributed by atoms with E-state index in [0.29, 0.717) is 6.04 Å². The van der Waals surface area contributed by atoms with Gasteiger partial charge >= 0.3 is 0 Å². The second-order valence-electron chi connectivity index (χ2n) is 3.50. The lowest BCUT2D eigenvalue weighted by Crippen LogP contribution is -2.24. The minimum Gasteiger partial charge on any atom is -0.310 e. The van der Waals surface area contributed by atoms with Gasteiger partial charge in [-0.05, 0) is 31.0 Å². The molecule has 74 valence electrons. The SMILES string of the molecule is CC[C@@H](C)NCc1cccc(C#N)c1. The van der Waals surface area contributed by atoms with Crippen molar-refractivity contribution in [1.29, 1.82) is 5.26 Å². The van der Waals surface area contributed by atoms with Gasteiger partial charge in [-0.25, -0.2) is 0 Å². The zero-order chi connectivity index (χ0) is 10.4. The summed E-state index contributed by atoms with van der Waals surface area (Å²) in [5.41, 5.74) is 1.90. The van der Waals surface area contributed by atoms with Crippen LogP contribution < -0.4 is 5.32 Å². The molecule has 1 rings (SSSR count). The Kier molecular flexibility index (Phi) is 4.15. The normalized spacial score (nSPS) is 12.1. The summed E-state index contributed by atoms with van der Waals surface area (Å²) in [6, 6.07) is 10.4. The minimum atomic E-state index is 0.528. The summed E-state index contributed by atoms with van der Waals surface area (Å²) in [7, 11) is 0. The number of hydrogen-bond donors (Lipinski definition) is 1. The molecule has 14 heavy (non-hydrogen) atoms. The van der Waals surface area contributed by atoms with E-state index >= 15 is 0 Å². The summed E-state index contributed by atoms with van der Waals surface area (Å²) in [6.45, 7) is 5.15. The zero-order valence-corrected chi connectivity index (χ0v) is 8.75. The molecule has 0 aromatic heterocycles. The molecular weight excluding hydrogens is 172 g/mol. The number of nitrogens with zero attached hydrogens (tertiary/aromatic N) is 1. The average Bonchev–Trinajstić information content (AvgIpc) is 2.26. The highest BCUT2D eigenvalue weighted by molar-refractivity contribution is 5.32. The van der Waals surface area contributed by atoms with Crippen molar-refractivity contribution in [3.8, 4) is 6.07 Å². The molecule has 0 heterocycles. The Balaban J connectivity index is 2.55. The Morgan fingerprint density at radius 2 is 2.29 bits per heavy atom. The van der Waals surface area contributed by atoms with Crippen LogP contribution in [0.15, 0.2) is 24.3 Å². The zero-order valence-electron chi connectivity index (χ0n) is 8.75. The molecule has 0 fully saturated rings. The van der Waals surface area contributed by atoms with E-state index in [1.807, 2.05) is 24.3 Å². The second-order valence-corrected chi connectivity index (χ2v) is 3.50. The van der Waals surface area contributed by atoms with E-state index in [2.05, 4.69) is 25.2 Å². The fourth-order valence-corrected chi connectivity index (χ4v) is 1.19. The summed E-state index contributed by atoms with van der Waals surface area (Å²) < 4.78 is 0. The van der Waals surface area contributed by atoms with E-state index in [9.17, 15) is 0 Å². The average molecular weight is 188 g/mol. The van der Waals surface area contributed by atoms with Crippen molar-refractivity contribution in [3.05, 3.63) is 35.4 Å². The lowest BCUT2D eigenvalue weighted by atomic mass is 10.1. The Bertz CT molecular complexity index is 325. The molecule has 0 aliphatic carbocycles. The quantitative estimate of drug-likeness (QED) is 0.787. The van der Waals surface area contributed by atoms with Crippen LogP contribution in [0.2, 0.25) is 0 Å². The van der Waals surface area contributed by atoms with Gasteiger partial charge in [-0.2, -0.15) is 5.26 Å². The molecule has 0 aliphatic rings. The first-order valence-electron chi connectivity index (χ1n) is 4.98. The fraction of sp³-hybridized carbons (Fsp3) is 0.417. The van der Waals surface area contributed by atoms with Gasteiger partial charge in [0, 0.05) is 12.6 Å². The van der Waals surface area contributed by atoms with Gasteiger partial charge in [-0.15, -0.1) is 0 Å². The van der Waals surface area contributed by atoms with E-state index in [0.717, 1.165) is 18.5 Å². The fourth-order valence-electron chi connectivity index (χ4n) is 1.19. The Morgan fingerprint density at radius 1 is 1.50 bits per heavy atom. The lowest BCUT2D eigenvalue weighted by Gasteiger charge is -2.10. The summed E-state index contributed by atoms with van der Waals surface area (Å²) in [5.74, 6) is 0. The topological polar surface area (TPSA) is 35.8 Å². The molecule has 0 saturated carbocycles. The third-order valence-corrected chi connectivity index (χ3v) is 2.32. The molecular formula is C12H16N2. The monoisotopic (exact) mass is 188 g/mol. The molecule has 1 aromatic carbocycles. The third-order valence-electron chi connectivity index (χ3n) is 2.32. The van der Waals surface area contributed by atoms with Gasteiger partial charge in [0.2, 0.25) is 0 Å².